The molecule has 0 aromatic rings. The lowest BCUT2D eigenvalue weighted by Crippen LogP contribution is -2.21. The van der Waals surface area contributed by atoms with Gasteiger partial charge in [0.1, 0.15) is 11.5 Å². The second-order valence-electron chi connectivity index (χ2n) is 3.09. The lowest BCUT2D eigenvalue weighted by Gasteiger charge is -2.19. The number of hydrogen-bond donors (Lipinski definition) is 0. The third kappa shape index (κ3) is 1.86. The summed E-state index contributed by atoms with van der Waals surface area (Å²) in [5.74, 6) is -0.0543. The summed E-state index contributed by atoms with van der Waals surface area (Å²) >= 11 is 0. The molecule has 0 N–H and O–H groups in total. The molecule has 0 spiro atoms. The van der Waals surface area contributed by atoms with Crippen LogP contribution in [0.15, 0.2) is 23.5 Å². The fourth-order valence-electron chi connectivity index (χ4n) is 1.50. The Morgan fingerprint density at radius 2 is 2.08 bits per heavy atom. The topological polar surface area (TPSA) is 43.4 Å². The summed E-state index contributed by atoms with van der Waals surface area (Å²) in [7, 11) is 1.47. The molecule has 0 aromatic heterocycles. The number of carbonyl (C=O) groups excluding carboxylic acids is 2. The summed E-state index contributed by atoms with van der Waals surface area (Å²) in [6, 6.07) is 0. The van der Waals surface area contributed by atoms with Crippen molar-refractivity contribution < 1.29 is 14.3 Å². The Hall–Kier alpha value is -1.38. The van der Waals surface area contributed by atoms with Crippen molar-refractivity contribution in [3.05, 3.63) is 23.5 Å². The third-order valence-electron chi connectivity index (χ3n) is 2.04. The maximum Gasteiger partial charge on any atom is 0.181 e. The zero-order chi connectivity index (χ0) is 10.0. The van der Waals surface area contributed by atoms with Crippen LogP contribution in [0, 0.1) is 5.92 Å². The second-order valence-corrected chi connectivity index (χ2v) is 3.09. The Morgan fingerprint density at radius 3 is 2.54 bits per heavy atom. The van der Waals surface area contributed by atoms with Crippen LogP contribution < -0.4 is 0 Å². The lowest BCUT2D eigenvalue weighted by molar-refractivity contribution is -0.119. The highest BCUT2D eigenvalue weighted by Gasteiger charge is 2.26. The minimum Gasteiger partial charge on any atom is -0.500 e. The smallest absolute Gasteiger partial charge is 0.181 e. The van der Waals surface area contributed by atoms with Gasteiger partial charge in [0.05, 0.1) is 13.0 Å². The highest BCUT2D eigenvalue weighted by atomic mass is 16.5. The van der Waals surface area contributed by atoms with E-state index in [9.17, 15) is 9.59 Å². The zero-order valence-electron chi connectivity index (χ0n) is 7.96. The van der Waals surface area contributed by atoms with Crippen LogP contribution in [0.25, 0.3) is 0 Å². The van der Waals surface area contributed by atoms with Gasteiger partial charge in [-0.3, -0.25) is 9.59 Å². The minimum atomic E-state index is -0.373. The molecule has 0 aromatic carbocycles. The predicted octanol–water partition coefficient (Wildman–Crippen LogP) is 1.25. The Balaban J connectivity index is 3.05. The van der Waals surface area contributed by atoms with E-state index in [1.807, 2.05) is 0 Å². The molecule has 1 rings (SSSR count). The van der Waals surface area contributed by atoms with E-state index in [2.05, 4.69) is 0 Å². The molecule has 0 saturated heterocycles. The number of Topliss-reactive ketones (excluding diaryl/α,β-unsaturated/α-hetero) is 1. The van der Waals surface area contributed by atoms with Crippen molar-refractivity contribution in [2.75, 3.05) is 7.11 Å². The number of rotatable bonds is 2. The fraction of sp³-hybridized carbons (Fsp3) is 0.400. The van der Waals surface area contributed by atoms with Crippen molar-refractivity contribution in [3.8, 4) is 0 Å². The van der Waals surface area contributed by atoms with Crippen LogP contribution in [0.2, 0.25) is 0 Å². The van der Waals surface area contributed by atoms with E-state index >= 15 is 0 Å². The Bertz CT molecular complexity index is 310. The van der Waals surface area contributed by atoms with Gasteiger partial charge >= 0.3 is 0 Å². The molecule has 13 heavy (non-hydrogen) atoms. The predicted molar refractivity (Wildman–Crippen MR) is 48.0 cm³/mol. The fourth-order valence-corrected chi connectivity index (χ4v) is 1.50. The van der Waals surface area contributed by atoms with Gasteiger partial charge in [-0.05, 0) is 19.9 Å². The van der Waals surface area contributed by atoms with Crippen LogP contribution in [0.4, 0.5) is 0 Å². The number of carbonyl (C=O) groups is 2. The monoisotopic (exact) mass is 180 g/mol. The van der Waals surface area contributed by atoms with E-state index in [0.717, 1.165) is 5.57 Å². The Morgan fingerprint density at radius 1 is 1.46 bits per heavy atom. The molecular weight excluding hydrogens is 168 g/mol. The minimum absolute atomic E-state index is 0.00523. The number of allylic oxidation sites excluding steroid dienone is 3. The maximum absolute atomic E-state index is 11.2. The molecule has 0 fully saturated rings. The van der Waals surface area contributed by atoms with Gasteiger partial charge in [-0.2, -0.15) is 0 Å². The molecule has 0 aliphatic heterocycles. The number of methoxy groups -OCH3 is 1. The first kappa shape index (κ1) is 9.71. The molecule has 3 nitrogen and oxygen atoms in total. The Labute approximate surface area is 77.1 Å². The van der Waals surface area contributed by atoms with E-state index in [-0.39, 0.29) is 17.5 Å². The normalized spacial score (nSPS) is 22.1. The average molecular weight is 180 g/mol. The zero-order valence-corrected chi connectivity index (χ0v) is 7.96. The quantitative estimate of drug-likeness (QED) is 0.642. The molecular formula is C10H12O3. The first-order valence-electron chi connectivity index (χ1n) is 4.04. The third-order valence-corrected chi connectivity index (χ3v) is 2.04. The van der Waals surface area contributed by atoms with Crippen LogP contribution in [-0.4, -0.2) is 18.7 Å². The van der Waals surface area contributed by atoms with Gasteiger partial charge < -0.3 is 4.74 Å². The van der Waals surface area contributed by atoms with Crippen LogP contribution in [-0.2, 0) is 14.3 Å². The molecule has 0 saturated carbocycles. The first-order chi connectivity index (χ1) is 6.06. The van der Waals surface area contributed by atoms with Gasteiger partial charge in [-0.25, -0.2) is 0 Å². The molecule has 0 radical (unpaired) electrons. The standard InChI is InChI=1S/C10H12O3/c1-6-4-8(12)5-9(13-3)10(6)7(2)11/h4-5,10H,1-3H3. The molecule has 70 valence electrons. The van der Waals surface area contributed by atoms with E-state index < -0.39 is 0 Å². The van der Waals surface area contributed by atoms with Gasteiger partial charge in [-0.1, -0.05) is 5.57 Å². The molecule has 0 heterocycles. The van der Waals surface area contributed by atoms with Crippen LogP contribution in [0.3, 0.4) is 0 Å². The lowest BCUT2D eigenvalue weighted by atomic mass is 9.89. The largest absolute Gasteiger partial charge is 0.500 e. The molecule has 1 aliphatic carbocycles. The number of ether oxygens (including phenoxy) is 1. The van der Waals surface area contributed by atoms with Gasteiger partial charge in [0.15, 0.2) is 5.78 Å². The van der Waals surface area contributed by atoms with Gasteiger partial charge in [-0.15, -0.1) is 0 Å². The van der Waals surface area contributed by atoms with Gasteiger partial charge in [0.2, 0.25) is 0 Å². The van der Waals surface area contributed by atoms with Crippen molar-refractivity contribution in [2.24, 2.45) is 5.92 Å². The van der Waals surface area contributed by atoms with Gasteiger partial charge in [0, 0.05) is 6.08 Å². The maximum atomic E-state index is 11.2. The molecule has 1 aliphatic rings. The van der Waals surface area contributed by atoms with Crippen molar-refractivity contribution in [2.45, 2.75) is 13.8 Å². The Kier molecular flexibility index (Phi) is 2.66. The molecule has 0 amide bonds. The van der Waals surface area contributed by atoms with Crippen molar-refractivity contribution in [1.29, 1.82) is 0 Å². The number of ketones is 2. The summed E-state index contributed by atoms with van der Waals surface area (Å²) in [5, 5.41) is 0. The molecule has 1 atom stereocenters. The van der Waals surface area contributed by atoms with E-state index in [0.29, 0.717) is 5.76 Å². The van der Waals surface area contributed by atoms with E-state index in [1.165, 1.54) is 26.2 Å². The molecule has 3 heteroatoms. The first-order valence-corrected chi connectivity index (χ1v) is 4.04. The SMILES string of the molecule is COC1=CC(=O)C=C(C)C1C(C)=O. The summed E-state index contributed by atoms with van der Waals surface area (Å²) in [4.78, 5) is 22.3. The molecule has 0 bridgehead atoms. The van der Waals surface area contributed by atoms with Crippen LogP contribution in [0.1, 0.15) is 13.8 Å². The van der Waals surface area contributed by atoms with Crippen molar-refractivity contribution >= 4 is 11.6 Å². The van der Waals surface area contributed by atoms with E-state index in [1.54, 1.807) is 6.92 Å². The van der Waals surface area contributed by atoms with Crippen molar-refractivity contribution in [3.63, 3.8) is 0 Å². The van der Waals surface area contributed by atoms with Gasteiger partial charge in [0.25, 0.3) is 0 Å². The highest BCUT2D eigenvalue weighted by molar-refractivity contribution is 6.03. The van der Waals surface area contributed by atoms with Crippen LogP contribution in [0.5, 0.6) is 0 Å². The summed E-state index contributed by atoms with van der Waals surface area (Å²) in [6.07, 6.45) is 2.83. The highest BCUT2D eigenvalue weighted by Crippen LogP contribution is 2.25. The second kappa shape index (κ2) is 3.56. The summed E-state index contributed by atoms with van der Waals surface area (Å²) in [6.45, 7) is 3.25. The summed E-state index contributed by atoms with van der Waals surface area (Å²) in [5.41, 5.74) is 0.747. The average Bonchev–Trinajstić information content (AvgIpc) is 2.01. The summed E-state index contributed by atoms with van der Waals surface area (Å²) < 4.78 is 4.98. The number of hydrogen-bond acceptors (Lipinski definition) is 3. The van der Waals surface area contributed by atoms with Crippen LogP contribution >= 0.6 is 0 Å². The van der Waals surface area contributed by atoms with E-state index in [4.69, 9.17) is 4.74 Å². The van der Waals surface area contributed by atoms with Crippen molar-refractivity contribution in [1.82, 2.24) is 0 Å². The molecule has 1 unspecified atom stereocenters.